The van der Waals surface area contributed by atoms with Crippen molar-refractivity contribution in [2.45, 2.75) is 6.92 Å². The van der Waals surface area contributed by atoms with Crippen LogP contribution < -0.4 is 0 Å². The van der Waals surface area contributed by atoms with E-state index in [1.807, 2.05) is 0 Å². The highest BCUT2D eigenvalue weighted by Crippen LogP contribution is 2.31. The van der Waals surface area contributed by atoms with Crippen LogP contribution in [0.5, 0.6) is 0 Å². The third-order valence-electron chi connectivity index (χ3n) is 3.87. The molecule has 0 spiro atoms. The number of fused-ring (bicyclic) bond motifs is 3. The third-order valence-corrected chi connectivity index (χ3v) is 3.87. The predicted molar refractivity (Wildman–Crippen MR) is 85.5 cm³/mol. The van der Waals surface area contributed by atoms with Gasteiger partial charge in [-0.15, -0.1) is 0 Å². The lowest BCUT2D eigenvalue weighted by Crippen LogP contribution is -1.93. The smallest absolute Gasteiger partial charge is 0.0541 e. The van der Waals surface area contributed by atoms with Gasteiger partial charge in [0.2, 0.25) is 0 Å². The standard InChI is InChI=1S/C19H15N/c1-14-10-12-15(13-11-14)20-18-8-4-2-6-16(18)17-7-3-5-9-19(17)20/h2-13H,1H3. The minimum atomic E-state index is 1.22. The van der Waals surface area contributed by atoms with E-state index >= 15 is 0 Å². The fraction of sp³-hybridized carbons (Fsp3) is 0.0526. The monoisotopic (exact) mass is 257 g/mol. The molecule has 96 valence electrons. The van der Waals surface area contributed by atoms with Crippen molar-refractivity contribution >= 4 is 21.8 Å². The van der Waals surface area contributed by atoms with Crippen LogP contribution in [0, 0.1) is 6.92 Å². The van der Waals surface area contributed by atoms with Gasteiger partial charge in [0.1, 0.15) is 0 Å². The average molecular weight is 257 g/mol. The largest absolute Gasteiger partial charge is 0.309 e. The molecule has 0 aliphatic rings. The van der Waals surface area contributed by atoms with Crippen molar-refractivity contribution in [1.29, 1.82) is 0 Å². The van der Waals surface area contributed by atoms with Crippen LogP contribution in [-0.4, -0.2) is 4.57 Å². The molecule has 0 saturated heterocycles. The van der Waals surface area contributed by atoms with Gasteiger partial charge in [0.15, 0.2) is 0 Å². The Bertz CT molecular complexity index is 845. The minimum Gasteiger partial charge on any atom is -0.309 e. The van der Waals surface area contributed by atoms with Crippen LogP contribution in [0.3, 0.4) is 0 Å². The molecule has 20 heavy (non-hydrogen) atoms. The molecule has 0 saturated carbocycles. The van der Waals surface area contributed by atoms with E-state index < -0.39 is 0 Å². The summed E-state index contributed by atoms with van der Waals surface area (Å²) >= 11 is 0. The average Bonchev–Trinajstić information content (AvgIpc) is 2.83. The Morgan fingerprint density at radius 3 is 1.65 bits per heavy atom. The van der Waals surface area contributed by atoms with Crippen molar-refractivity contribution in [2.75, 3.05) is 0 Å². The number of benzene rings is 3. The Morgan fingerprint density at radius 1 is 0.600 bits per heavy atom. The van der Waals surface area contributed by atoms with Crippen LogP contribution in [0.2, 0.25) is 0 Å². The first kappa shape index (κ1) is 11.3. The third kappa shape index (κ3) is 1.56. The molecule has 0 atom stereocenters. The highest BCUT2D eigenvalue weighted by molar-refractivity contribution is 6.09. The molecule has 0 amide bonds. The number of rotatable bonds is 1. The van der Waals surface area contributed by atoms with Gasteiger partial charge in [-0.3, -0.25) is 0 Å². The Balaban J connectivity index is 2.17. The van der Waals surface area contributed by atoms with Crippen molar-refractivity contribution in [3.63, 3.8) is 0 Å². The quantitative estimate of drug-likeness (QED) is 0.447. The van der Waals surface area contributed by atoms with Crippen LogP contribution in [0.15, 0.2) is 72.8 Å². The number of nitrogens with zero attached hydrogens (tertiary/aromatic N) is 1. The van der Waals surface area contributed by atoms with Crippen molar-refractivity contribution in [1.82, 2.24) is 4.57 Å². The first-order chi connectivity index (χ1) is 9.84. The first-order valence-corrected chi connectivity index (χ1v) is 6.90. The molecule has 0 bridgehead atoms. The lowest BCUT2D eigenvalue weighted by Gasteiger charge is -2.07. The second-order valence-electron chi connectivity index (χ2n) is 5.21. The van der Waals surface area contributed by atoms with Crippen LogP contribution in [0.1, 0.15) is 5.56 Å². The normalized spacial score (nSPS) is 11.2. The Morgan fingerprint density at radius 2 is 1.10 bits per heavy atom. The second kappa shape index (κ2) is 4.24. The molecular formula is C19H15N. The molecule has 0 aliphatic carbocycles. The molecular weight excluding hydrogens is 242 g/mol. The number of aromatic nitrogens is 1. The number of hydrogen-bond donors (Lipinski definition) is 0. The Hall–Kier alpha value is -2.54. The van der Waals surface area contributed by atoms with Crippen molar-refractivity contribution in [2.24, 2.45) is 0 Å². The fourth-order valence-corrected chi connectivity index (χ4v) is 2.89. The van der Waals surface area contributed by atoms with Crippen LogP contribution in [0.4, 0.5) is 0 Å². The molecule has 1 heteroatoms. The summed E-state index contributed by atoms with van der Waals surface area (Å²) in [6.07, 6.45) is 0. The zero-order valence-electron chi connectivity index (χ0n) is 11.4. The van der Waals surface area contributed by atoms with Gasteiger partial charge in [0.25, 0.3) is 0 Å². The minimum absolute atomic E-state index is 1.22. The lowest BCUT2D eigenvalue weighted by atomic mass is 10.2. The molecule has 0 aliphatic heterocycles. The van der Waals surface area contributed by atoms with E-state index in [-0.39, 0.29) is 0 Å². The highest BCUT2D eigenvalue weighted by atomic mass is 15.0. The second-order valence-corrected chi connectivity index (χ2v) is 5.21. The number of hydrogen-bond acceptors (Lipinski definition) is 0. The summed E-state index contributed by atoms with van der Waals surface area (Å²) in [4.78, 5) is 0. The number of para-hydroxylation sites is 2. The summed E-state index contributed by atoms with van der Waals surface area (Å²) in [5.41, 5.74) is 5.03. The predicted octanol–water partition coefficient (Wildman–Crippen LogP) is 5.09. The molecule has 0 radical (unpaired) electrons. The zero-order valence-corrected chi connectivity index (χ0v) is 11.4. The summed E-state index contributed by atoms with van der Waals surface area (Å²) in [6.45, 7) is 2.12. The maximum Gasteiger partial charge on any atom is 0.0541 e. The molecule has 4 aromatic rings. The molecule has 4 rings (SSSR count). The molecule has 0 N–H and O–H groups in total. The molecule has 3 aromatic carbocycles. The summed E-state index contributed by atoms with van der Waals surface area (Å²) in [6, 6.07) is 25.9. The van der Waals surface area contributed by atoms with E-state index in [1.54, 1.807) is 0 Å². The van der Waals surface area contributed by atoms with Crippen LogP contribution in [0.25, 0.3) is 27.5 Å². The molecule has 0 fully saturated rings. The van der Waals surface area contributed by atoms with E-state index in [0.717, 1.165) is 0 Å². The maximum atomic E-state index is 2.34. The highest BCUT2D eigenvalue weighted by Gasteiger charge is 2.10. The van der Waals surface area contributed by atoms with Crippen LogP contribution in [-0.2, 0) is 0 Å². The van der Waals surface area contributed by atoms with Gasteiger partial charge in [-0.2, -0.15) is 0 Å². The SMILES string of the molecule is Cc1ccc(-n2c3ccccc3c3ccccc32)cc1. The fourth-order valence-electron chi connectivity index (χ4n) is 2.89. The summed E-state index contributed by atoms with van der Waals surface area (Å²) < 4.78 is 2.34. The van der Waals surface area contributed by atoms with E-state index in [2.05, 4.69) is 84.3 Å². The Labute approximate surface area is 118 Å². The lowest BCUT2D eigenvalue weighted by molar-refractivity contribution is 1.17. The van der Waals surface area contributed by atoms with E-state index in [9.17, 15) is 0 Å². The van der Waals surface area contributed by atoms with E-state index in [4.69, 9.17) is 0 Å². The topological polar surface area (TPSA) is 4.93 Å². The van der Waals surface area contributed by atoms with Gasteiger partial charge in [-0.1, -0.05) is 54.1 Å². The number of aryl methyl sites for hydroxylation is 1. The zero-order chi connectivity index (χ0) is 13.5. The molecule has 1 nitrogen and oxygen atoms in total. The van der Waals surface area contributed by atoms with Crippen LogP contribution >= 0.6 is 0 Å². The molecule has 0 unspecified atom stereocenters. The van der Waals surface area contributed by atoms with Crippen molar-refractivity contribution in [3.05, 3.63) is 78.4 Å². The molecule has 1 heterocycles. The van der Waals surface area contributed by atoms with Gasteiger partial charge < -0.3 is 4.57 Å². The van der Waals surface area contributed by atoms with Crippen molar-refractivity contribution in [3.8, 4) is 5.69 Å². The van der Waals surface area contributed by atoms with Gasteiger partial charge in [-0.05, 0) is 31.2 Å². The van der Waals surface area contributed by atoms with Gasteiger partial charge in [0, 0.05) is 16.5 Å². The van der Waals surface area contributed by atoms with Gasteiger partial charge in [-0.25, -0.2) is 0 Å². The summed E-state index contributed by atoms with van der Waals surface area (Å²) in [7, 11) is 0. The first-order valence-electron chi connectivity index (χ1n) is 6.90. The Kier molecular flexibility index (Phi) is 2.40. The summed E-state index contributed by atoms with van der Waals surface area (Å²) in [5.74, 6) is 0. The van der Waals surface area contributed by atoms with Gasteiger partial charge in [0.05, 0.1) is 11.0 Å². The van der Waals surface area contributed by atoms with E-state index in [1.165, 1.54) is 33.1 Å². The maximum absolute atomic E-state index is 2.34. The van der Waals surface area contributed by atoms with Crippen molar-refractivity contribution < 1.29 is 0 Å². The summed E-state index contributed by atoms with van der Waals surface area (Å²) in [5, 5.41) is 2.62. The van der Waals surface area contributed by atoms with Gasteiger partial charge >= 0.3 is 0 Å². The molecule has 1 aromatic heterocycles. The van der Waals surface area contributed by atoms with E-state index in [0.29, 0.717) is 0 Å².